The fourth-order valence-corrected chi connectivity index (χ4v) is 2.68. The van der Waals surface area contributed by atoms with Crippen LogP contribution in [0.5, 0.6) is 5.75 Å². The Hall–Kier alpha value is -1.22. The lowest BCUT2D eigenvalue weighted by atomic mass is 10.1. The van der Waals surface area contributed by atoms with E-state index in [0.29, 0.717) is 16.8 Å². The number of hydrogen-bond donors (Lipinski definition) is 2. The van der Waals surface area contributed by atoms with Crippen LogP contribution in [0.15, 0.2) is 42.5 Å². The van der Waals surface area contributed by atoms with Gasteiger partial charge in [-0.25, -0.2) is 0 Å². The molecule has 0 spiro atoms. The molecule has 0 unspecified atom stereocenters. The van der Waals surface area contributed by atoms with E-state index in [4.69, 9.17) is 23.2 Å². The maximum Gasteiger partial charge on any atom is 0.115 e. The summed E-state index contributed by atoms with van der Waals surface area (Å²) in [4.78, 5) is 0. The molecule has 0 aliphatic heterocycles. The first-order valence-corrected chi connectivity index (χ1v) is 7.85. The molecule has 21 heavy (non-hydrogen) atoms. The third-order valence-electron chi connectivity index (χ3n) is 3.58. The third kappa shape index (κ3) is 5.24. The second kappa shape index (κ2) is 7.69. The molecule has 0 aliphatic rings. The van der Waals surface area contributed by atoms with Crippen molar-refractivity contribution in [3.63, 3.8) is 0 Å². The zero-order chi connectivity index (χ0) is 15.2. The number of nitrogens with two attached hydrogens (primary N) is 1. The molecule has 0 aromatic heterocycles. The van der Waals surface area contributed by atoms with Crippen LogP contribution in [0.4, 0.5) is 0 Å². The molecule has 0 fully saturated rings. The van der Waals surface area contributed by atoms with Crippen molar-refractivity contribution >= 4 is 23.2 Å². The van der Waals surface area contributed by atoms with E-state index < -0.39 is 0 Å². The first-order chi connectivity index (χ1) is 10.0. The normalized spacial score (nSPS) is 12.3. The average molecular weight is 325 g/mol. The van der Waals surface area contributed by atoms with Gasteiger partial charge in [-0.3, -0.25) is 0 Å². The van der Waals surface area contributed by atoms with E-state index in [1.165, 1.54) is 5.56 Å². The van der Waals surface area contributed by atoms with Gasteiger partial charge in [-0.15, -0.1) is 0 Å². The third-order valence-corrected chi connectivity index (χ3v) is 4.17. The van der Waals surface area contributed by atoms with E-state index in [9.17, 15) is 5.11 Å². The van der Waals surface area contributed by atoms with Gasteiger partial charge in [-0.05, 0) is 43.2 Å². The van der Waals surface area contributed by atoms with Crippen molar-refractivity contribution in [3.8, 4) is 5.75 Å². The van der Waals surface area contributed by atoms with Gasteiger partial charge in [0.05, 0.1) is 11.1 Å². The largest absolute Gasteiger partial charge is 0.508 e. The van der Waals surface area contributed by atoms with E-state index in [1.54, 1.807) is 18.2 Å². The quantitative estimate of drug-likeness (QED) is 0.833. The molecule has 2 rings (SSSR count). The van der Waals surface area contributed by atoms with Crippen LogP contribution in [0.2, 0.25) is 10.0 Å². The maximum absolute atomic E-state index is 9.26. The van der Waals surface area contributed by atoms with Gasteiger partial charge < -0.3 is 10.4 Å². The molecule has 0 saturated heterocycles. The molecule has 0 amide bonds. The van der Waals surface area contributed by atoms with Gasteiger partial charge in [0, 0.05) is 17.0 Å². The van der Waals surface area contributed by atoms with Crippen LogP contribution in [-0.2, 0) is 13.0 Å². The predicted octanol–water partition coefficient (Wildman–Crippen LogP) is 3.78. The van der Waals surface area contributed by atoms with Crippen molar-refractivity contribution in [1.82, 2.24) is 0 Å². The zero-order valence-corrected chi connectivity index (χ0v) is 13.5. The lowest BCUT2D eigenvalue weighted by Gasteiger charge is -2.12. The summed E-state index contributed by atoms with van der Waals surface area (Å²) in [5.74, 6) is 0.316. The van der Waals surface area contributed by atoms with Crippen LogP contribution in [-0.4, -0.2) is 11.1 Å². The number of phenolic OH excluding ortho intramolecular Hbond substituents is 1. The molecular formula is C17H20Cl2NO+. The summed E-state index contributed by atoms with van der Waals surface area (Å²) in [6.45, 7) is 3.07. The summed E-state index contributed by atoms with van der Waals surface area (Å²) >= 11 is 12.1. The molecule has 0 bridgehead atoms. The highest BCUT2D eigenvalue weighted by Gasteiger charge is 2.08. The van der Waals surface area contributed by atoms with Crippen molar-refractivity contribution in [1.29, 1.82) is 0 Å². The lowest BCUT2D eigenvalue weighted by Crippen LogP contribution is -2.87. The van der Waals surface area contributed by atoms with E-state index in [0.717, 1.165) is 30.0 Å². The molecule has 0 heterocycles. The Balaban J connectivity index is 1.79. The van der Waals surface area contributed by atoms with Crippen LogP contribution >= 0.6 is 23.2 Å². The minimum absolute atomic E-state index is 0.316. The standard InChI is InChI=1S/C17H19Cl2NO/c1-12(2-3-13-4-8-16(21)9-5-13)20-11-14-6-7-15(18)10-17(14)19/h4-10,12,20-21H,2-3,11H2,1H3/p+1/t12-/m0/s1. The molecule has 3 N–H and O–H groups in total. The highest BCUT2D eigenvalue weighted by atomic mass is 35.5. The number of hydrogen-bond acceptors (Lipinski definition) is 1. The summed E-state index contributed by atoms with van der Waals surface area (Å²) in [7, 11) is 0. The fraction of sp³-hybridized carbons (Fsp3) is 0.294. The zero-order valence-electron chi connectivity index (χ0n) is 12.0. The lowest BCUT2D eigenvalue weighted by molar-refractivity contribution is -0.701. The molecule has 1 atom stereocenters. The monoisotopic (exact) mass is 324 g/mol. The smallest absolute Gasteiger partial charge is 0.115 e. The highest BCUT2D eigenvalue weighted by Crippen LogP contribution is 2.20. The van der Waals surface area contributed by atoms with E-state index in [1.807, 2.05) is 24.3 Å². The predicted molar refractivity (Wildman–Crippen MR) is 88.0 cm³/mol. The molecule has 0 radical (unpaired) electrons. The molecule has 2 nitrogen and oxygen atoms in total. The van der Waals surface area contributed by atoms with Crippen molar-refractivity contribution in [2.24, 2.45) is 0 Å². The Kier molecular flexibility index (Phi) is 5.92. The second-order valence-electron chi connectivity index (χ2n) is 5.36. The SMILES string of the molecule is C[C@@H](CCc1ccc(O)cc1)[NH2+]Cc1ccc(Cl)cc1Cl. The van der Waals surface area contributed by atoms with Crippen LogP contribution in [0.3, 0.4) is 0 Å². The van der Waals surface area contributed by atoms with E-state index in [-0.39, 0.29) is 0 Å². The minimum atomic E-state index is 0.316. The summed E-state index contributed by atoms with van der Waals surface area (Å²) in [6, 6.07) is 13.6. The number of rotatable bonds is 6. The highest BCUT2D eigenvalue weighted by molar-refractivity contribution is 6.35. The fourth-order valence-electron chi connectivity index (χ4n) is 2.19. The number of aromatic hydroxyl groups is 1. The van der Waals surface area contributed by atoms with Gasteiger partial charge in [0.25, 0.3) is 0 Å². The number of quaternary nitrogens is 1. The van der Waals surface area contributed by atoms with Gasteiger partial charge >= 0.3 is 0 Å². The maximum atomic E-state index is 9.26. The summed E-state index contributed by atoms with van der Waals surface area (Å²) < 4.78 is 0. The van der Waals surface area contributed by atoms with Gasteiger partial charge in [-0.2, -0.15) is 0 Å². The van der Waals surface area contributed by atoms with Crippen molar-refractivity contribution in [3.05, 3.63) is 63.6 Å². The van der Waals surface area contributed by atoms with Crippen molar-refractivity contribution in [2.75, 3.05) is 0 Å². The molecule has 2 aromatic carbocycles. The Morgan fingerprint density at radius 2 is 1.81 bits per heavy atom. The Labute approximate surface area is 135 Å². The van der Waals surface area contributed by atoms with Crippen LogP contribution in [0, 0.1) is 0 Å². The number of aryl methyl sites for hydroxylation is 1. The molecule has 0 saturated carbocycles. The molecule has 4 heteroatoms. The summed E-state index contributed by atoms with van der Waals surface area (Å²) in [6.07, 6.45) is 2.09. The van der Waals surface area contributed by atoms with Gasteiger partial charge in [0.1, 0.15) is 12.3 Å². The number of benzene rings is 2. The Morgan fingerprint density at radius 1 is 1.10 bits per heavy atom. The Morgan fingerprint density at radius 3 is 2.48 bits per heavy atom. The number of phenols is 1. The topological polar surface area (TPSA) is 36.8 Å². The first-order valence-electron chi connectivity index (χ1n) is 7.10. The first kappa shape index (κ1) is 16.2. The molecular weight excluding hydrogens is 305 g/mol. The van der Waals surface area contributed by atoms with Gasteiger partial charge in [-0.1, -0.05) is 41.4 Å². The van der Waals surface area contributed by atoms with E-state index in [2.05, 4.69) is 12.2 Å². The molecule has 0 aliphatic carbocycles. The van der Waals surface area contributed by atoms with Crippen LogP contribution < -0.4 is 5.32 Å². The molecule has 2 aromatic rings. The second-order valence-corrected chi connectivity index (χ2v) is 6.20. The van der Waals surface area contributed by atoms with Gasteiger partial charge in [0.2, 0.25) is 0 Å². The summed E-state index contributed by atoms with van der Waals surface area (Å²) in [5.41, 5.74) is 2.36. The summed E-state index contributed by atoms with van der Waals surface area (Å²) in [5, 5.41) is 12.9. The van der Waals surface area contributed by atoms with E-state index >= 15 is 0 Å². The van der Waals surface area contributed by atoms with Crippen molar-refractivity contribution in [2.45, 2.75) is 32.4 Å². The van der Waals surface area contributed by atoms with Crippen molar-refractivity contribution < 1.29 is 10.4 Å². The number of halogens is 2. The average Bonchev–Trinajstić information content (AvgIpc) is 2.46. The molecule has 112 valence electrons. The van der Waals surface area contributed by atoms with Crippen LogP contribution in [0.1, 0.15) is 24.5 Å². The Bertz CT molecular complexity index is 584. The minimum Gasteiger partial charge on any atom is -0.508 e. The van der Waals surface area contributed by atoms with Gasteiger partial charge in [0.15, 0.2) is 0 Å². The van der Waals surface area contributed by atoms with Crippen LogP contribution in [0.25, 0.3) is 0 Å².